The van der Waals surface area contributed by atoms with Crippen LogP contribution in [0.1, 0.15) is 34.8 Å². The molecule has 11 heteroatoms. The maximum atomic E-state index is 13.1. The van der Waals surface area contributed by atoms with Gasteiger partial charge < -0.3 is 4.74 Å². The number of hydrogen-bond donors (Lipinski definition) is 0. The molecular formula is C18H15BrF4N4O2. The number of carbonyl (C=O) groups is 1. The van der Waals surface area contributed by atoms with E-state index in [1.807, 2.05) is 0 Å². The summed E-state index contributed by atoms with van der Waals surface area (Å²) >= 11 is 3.20. The summed E-state index contributed by atoms with van der Waals surface area (Å²) in [5, 5.41) is 3.47. The van der Waals surface area contributed by atoms with E-state index in [9.17, 15) is 22.4 Å². The van der Waals surface area contributed by atoms with Gasteiger partial charge in [-0.25, -0.2) is 13.9 Å². The molecule has 3 aromatic rings. The lowest BCUT2D eigenvalue weighted by molar-refractivity contribution is -0.145. The van der Waals surface area contributed by atoms with Crippen LogP contribution in [0.4, 0.5) is 17.6 Å². The summed E-state index contributed by atoms with van der Waals surface area (Å²) in [6.45, 7) is 3.19. The summed E-state index contributed by atoms with van der Waals surface area (Å²) in [5.74, 6) is -2.34. The minimum absolute atomic E-state index is 0.00545. The molecule has 0 unspecified atom stereocenters. The van der Waals surface area contributed by atoms with E-state index >= 15 is 0 Å². The summed E-state index contributed by atoms with van der Waals surface area (Å²) in [6.07, 6.45) is -4.47. The minimum atomic E-state index is -4.67. The highest BCUT2D eigenvalue weighted by molar-refractivity contribution is 9.10. The topological polar surface area (TPSA) is 69.4 Å². The van der Waals surface area contributed by atoms with Crippen LogP contribution in [0, 0.1) is 19.7 Å². The van der Waals surface area contributed by atoms with E-state index < -0.39 is 23.8 Å². The van der Waals surface area contributed by atoms with Gasteiger partial charge in [-0.1, -0.05) is 22.0 Å². The molecule has 2 heterocycles. The van der Waals surface area contributed by atoms with Gasteiger partial charge in [0.2, 0.25) is 0 Å². The molecule has 0 radical (unpaired) electrons. The SMILES string of the molecule is Cc1nc2nc(C(F)(F)F)nn2c(C)c1CCC(=O)OCc1ccc(F)cc1Br. The molecule has 0 N–H and O–H groups in total. The normalized spacial score (nSPS) is 11.8. The van der Waals surface area contributed by atoms with E-state index in [-0.39, 0.29) is 25.2 Å². The van der Waals surface area contributed by atoms with Gasteiger partial charge in [-0.2, -0.15) is 18.2 Å². The molecule has 2 aromatic heterocycles. The van der Waals surface area contributed by atoms with Gasteiger partial charge in [-0.05, 0) is 38.0 Å². The van der Waals surface area contributed by atoms with Crippen LogP contribution in [0.2, 0.25) is 0 Å². The predicted octanol–water partition coefficient (Wildman–Crippen LogP) is 4.34. The number of rotatable bonds is 5. The van der Waals surface area contributed by atoms with Gasteiger partial charge in [0.15, 0.2) is 0 Å². The van der Waals surface area contributed by atoms with E-state index in [4.69, 9.17) is 4.74 Å². The van der Waals surface area contributed by atoms with Crippen molar-refractivity contribution in [3.8, 4) is 0 Å². The average molecular weight is 475 g/mol. The summed E-state index contributed by atoms with van der Waals surface area (Å²) in [7, 11) is 0. The van der Waals surface area contributed by atoms with Crippen LogP contribution in [0.5, 0.6) is 0 Å². The number of aromatic nitrogens is 4. The highest BCUT2D eigenvalue weighted by Gasteiger charge is 2.37. The van der Waals surface area contributed by atoms with Crippen molar-refractivity contribution in [3.63, 3.8) is 0 Å². The van der Waals surface area contributed by atoms with Crippen LogP contribution in [0.25, 0.3) is 5.78 Å². The quantitative estimate of drug-likeness (QED) is 0.406. The highest BCUT2D eigenvalue weighted by atomic mass is 79.9. The molecule has 1 aromatic carbocycles. The molecular weight excluding hydrogens is 460 g/mol. The number of esters is 1. The Balaban J connectivity index is 1.70. The first kappa shape index (κ1) is 21.2. The fourth-order valence-electron chi connectivity index (χ4n) is 2.79. The second-order valence-corrected chi connectivity index (χ2v) is 7.16. The standard InChI is InChI=1S/C18H15BrF4N4O2/c1-9-13(10(2)27-17(24-9)25-16(26-27)18(21,22)23)5-6-15(28)29-8-11-3-4-12(20)7-14(11)19/h3-4,7H,5-6,8H2,1-2H3. The van der Waals surface area contributed by atoms with Crippen LogP contribution < -0.4 is 0 Å². The molecule has 0 amide bonds. The van der Waals surface area contributed by atoms with Crippen molar-refractivity contribution >= 4 is 27.7 Å². The molecule has 29 heavy (non-hydrogen) atoms. The lowest BCUT2D eigenvalue weighted by Crippen LogP contribution is -2.11. The molecule has 0 bridgehead atoms. The van der Waals surface area contributed by atoms with Crippen LogP contribution in [-0.4, -0.2) is 25.6 Å². The molecule has 0 aliphatic carbocycles. The van der Waals surface area contributed by atoms with Crippen LogP contribution in [-0.2, 0) is 28.7 Å². The zero-order chi connectivity index (χ0) is 21.3. The van der Waals surface area contributed by atoms with Crippen LogP contribution in [0.15, 0.2) is 22.7 Å². The Hall–Kier alpha value is -2.56. The number of ether oxygens (including phenoxy) is 1. The molecule has 6 nitrogen and oxygen atoms in total. The molecule has 0 aliphatic heterocycles. The first-order valence-electron chi connectivity index (χ1n) is 8.46. The van der Waals surface area contributed by atoms with Crippen molar-refractivity contribution in [1.29, 1.82) is 0 Å². The fourth-order valence-corrected chi connectivity index (χ4v) is 3.25. The smallest absolute Gasteiger partial charge is 0.453 e. The first-order valence-corrected chi connectivity index (χ1v) is 9.25. The summed E-state index contributed by atoms with van der Waals surface area (Å²) in [5.41, 5.74) is 2.09. The molecule has 154 valence electrons. The van der Waals surface area contributed by atoms with E-state index in [1.54, 1.807) is 13.8 Å². The second-order valence-electron chi connectivity index (χ2n) is 6.30. The third-order valence-corrected chi connectivity index (χ3v) is 5.02. The number of benzene rings is 1. The molecule has 0 spiro atoms. The number of aryl methyl sites for hydroxylation is 2. The third-order valence-electron chi connectivity index (χ3n) is 4.29. The Labute approximate surface area is 171 Å². The summed E-state index contributed by atoms with van der Waals surface area (Å²) in [4.78, 5) is 19.5. The summed E-state index contributed by atoms with van der Waals surface area (Å²) < 4.78 is 58.3. The van der Waals surface area contributed by atoms with Crippen molar-refractivity contribution < 1.29 is 27.1 Å². The Morgan fingerprint density at radius 1 is 1.24 bits per heavy atom. The van der Waals surface area contributed by atoms with Gasteiger partial charge in [0.25, 0.3) is 11.6 Å². The molecule has 0 fully saturated rings. The number of alkyl halides is 3. The first-order chi connectivity index (χ1) is 13.6. The second kappa shape index (κ2) is 8.05. The number of nitrogens with zero attached hydrogens (tertiary/aromatic N) is 4. The minimum Gasteiger partial charge on any atom is -0.461 e. The molecule has 0 aliphatic rings. The highest BCUT2D eigenvalue weighted by Crippen LogP contribution is 2.27. The van der Waals surface area contributed by atoms with Gasteiger partial charge in [0.05, 0.1) is 0 Å². The number of hydrogen-bond acceptors (Lipinski definition) is 5. The third kappa shape index (κ3) is 4.72. The Morgan fingerprint density at radius 3 is 2.62 bits per heavy atom. The monoisotopic (exact) mass is 474 g/mol. The number of halogens is 5. The Kier molecular flexibility index (Phi) is 5.87. The zero-order valence-corrected chi connectivity index (χ0v) is 16.9. The van der Waals surface area contributed by atoms with E-state index in [0.717, 1.165) is 4.52 Å². The van der Waals surface area contributed by atoms with Gasteiger partial charge in [0.1, 0.15) is 12.4 Å². The van der Waals surface area contributed by atoms with Crippen molar-refractivity contribution in [1.82, 2.24) is 19.6 Å². The van der Waals surface area contributed by atoms with Gasteiger partial charge >= 0.3 is 12.1 Å². The van der Waals surface area contributed by atoms with Gasteiger partial charge in [-0.3, -0.25) is 4.79 Å². The lowest BCUT2D eigenvalue weighted by atomic mass is 10.1. The molecule has 3 rings (SSSR count). The number of carbonyl (C=O) groups excluding carboxylic acids is 1. The maximum Gasteiger partial charge on any atom is 0.453 e. The van der Waals surface area contributed by atoms with Crippen LogP contribution >= 0.6 is 15.9 Å². The fraction of sp³-hybridized carbons (Fsp3) is 0.333. The average Bonchev–Trinajstić information content (AvgIpc) is 3.05. The zero-order valence-electron chi connectivity index (χ0n) is 15.3. The van der Waals surface area contributed by atoms with Gasteiger partial charge in [-0.15, -0.1) is 5.10 Å². The van der Waals surface area contributed by atoms with Crippen molar-refractivity contribution in [2.24, 2.45) is 0 Å². The predicted molar refractivity (Wildman–Crippen MR) is 97.5 cm³/mol. The largest absolute Gasteiger partial charge is 0.461 e. The van der Waals surface area contributed by atoms with Crippen LogP contribution in [0.3, 0.4) is 0 Å². The van der Waals surface area contributed by atoms with Crippen molar-refractivity contribution in [2.75, 3.05) is 0 Å². The Bertz CT molecular complexity index is 1080. The maximum absolute atomic E-state index is 13.1. The Morgan fingerprint density at radius 2 is 1.97 bits per heavy atom. The molecule has 0 saturated heterocycles. The summed E-state index contributed by atoms with van der Waals surface area (Å²) in [6, 6.07) is 4.03. The number of fused-ring (bicyclic) bond motifs is 1. The molecule has 0 atom stereocenters. The van der Waals surface area contributed by atoms with Crippen molar-refractivity contribution in [2.45, 2.75) is 39.5 Å². The van der Waals surface area contributed by atoms with Crippen molar-refractivity contribution in [3.05, 3.63) is 56.8 Å². The van der Waals surface area contributed by atoms with E-state index in [2.05, 4.69) is 31.0 Å². The van der Waals surface area contributed by atoms with E-state index in [1.165, 1.54) is 18.2 Å². The van der Waals surface area contributed by atoms with Gasteiger partial charge in [0, 0.05) is 27.8 Å². The molecule has 0 saturated carbocycles. The van der Waals surface area contributed by atoms with E-state index in [0.29, 0.717) is 27.0 Å². The lowest BCUT2D eigenvalue weighted by Gasteiger charge is -2.11.